The summed E-state index contributed by atoms with van der Waals surface area (Å²) >= 11 is 0. The fraction of sp³-hybridized carbons (Fsp3) is 1.00. The van der Waals surface area contributed by atoms with Crippen LogP contribution in [0, 0.1) is 5.41 Å². The van der Waals surface area contributed by atoms with Crippen LogP contribution < -0.4 is 0 Å². The summed E-state index contributed by atoms with van der Waals surface area (Å²) in [5, 5.41) is 0. The van der Waals surface area contributed by atoms with E-state index in [0.717, 1.165) is 13.0 Å². The summed E-state index contributed by atoms with van der Waals surface area (Å²) in [6.07, 6.45) is 19.2. The molecule has 0 aromatic heterocycles. The second-order valence-electron chi connectivity index (χ2n) is 8.69. The van der Waals surface area contributed by atoms with Crippen LogP contribution in [0.3, 0.4) is 0 Å². The van der Waals surface area contributed by atoms with Crippen molar-refractivity contribution in [1.82, 2.24) is 0 Å². The topological polar surface area (TPSA) is 46.2 Å². The summed E-state index contributed by atoms with van der Waals surface area (Å²) in [6.45, 7) is 7.56. The normalized spacial score (nSPS) is 27.5. The number of unbranched alkanes of at least 4 members (excludes halogenated alkanes) is 13. The Bertz CT molecular complexity index is 381. The van der Waals surface area contributed by atoms with Gasteiger partial charge in [-0.15, -0.1) is 0 Å². The SMILES string of the molecule is CCCCCCCCCCCCCCCCOP1OCC2(COP(C)OC2)CO1. The molecule has 0 aromatic rings. The summed E-state index contributed by atoms with van der Waals surface area (Å²) in [5.74, 6) is 0. The Kier molecular flexibility index (Phi) is 14.6. The predicted molar refractivity (Wildman–Crippen MR) is 122 cm³/mol. The minimum Gasteiger partial charge on any atom is -0.333 e. The van der Waals surface area contributed by atoms with Gasteiger partial charge in [-0.1, -0.05) is 90.4 Å². The van der Waals surface area contributed by atoms with E-state index in [1.54, 1.807) is 0 Å². The summed E-state index contributed by atoms with van der Waals surface area (Å²) in [5.41, 5.74) is -0.133. The van der Waals surface area contributed by atoms with Crippen LogP contribution in [0.5, 0.6) is 0 Å². The first kappa shape index (κ1) is 25.9. The summed E-state index contributed by atoms with van der Waals surface area (Å²) in [7, 11) is -1.90. The molecule has 5 nitrogen and oxygen atoms in total. The van der Waals surface area contributed by atoms with Crippen LogP contribution in [0.15, 0.2) is 0 Å². The van der Waals surface area contributed by atoms with E-state index in [2.05, 4.69) is 6.92 Å². The molecule has 7 heteroatoms. The van der Waals surface area contributed by atoms with Crippen LogP contribution in [0.1, 0.15) is 96.8 Å². The molecule has 2 rings (SSSR count). The van der Waals surface area contributed by atoms with Gasteiger partial charge in [0.2, 0.25) is 0 Å². The highest BCUT2D eigenvalue weighted by atomic mass is 31.2. The fourth-order valence-corrected chi connectivity index (χ4v) is 5.92. The Labute approximate surface area is 181 Å². The lowest BCUT2D eigenvalue weighted by Gasteiger charge is -2.41. The molecule has 0 N–H and O–H groups in total. The molecule has 2 heterocycles. The molecule has 2 saturated heterocycles. The highest BCUT2D eigenvalue weighted by Crippen LogP contribution is 2.51. The smallest absolute Gasteiger partial charge is 0.332 e. The molecule has 0 saturated carbocycles. The largest absolute Gasteiger partial charge is 0.333 e. The lowest BCUT2D eigenvalue weighted by atomic mass is 9.93. The minimum atomic E-state index is -1.18. The van der Waals surface area contributed by atoms with E-state index in [-0.39, 0.29) is 5.41 Å². The molecule has 2 fully saturated rings. The third-order valence-electron chi connectivity index (χ3n) is 5.75. The molecule has 29 heavy (non-hydrogen) atoms. The highest BCUT2D eigenvalue weighted by Gasteiger charge is 2.42. The van der Waals surface area contributed by atoms with Gasteiger partial charge in [0.1, 0.15) is 0 Å². The molecule has 0 amide bonds. The van der Waals surface area contributed by atoms with E-state index < -0.39 is 17.0 Å². The molecule has 1 spiro atoms. The van der Waals surface area contributed by atoms with Crippen molar-refractivity contribution in [1.29, 1.82) is 0 Å². The average molecular weight is 451 g/mol. The third-order valence-corrected chi connectivity index (χ3v) is 7.81. The number of hydrogen-bond donors (Lipinski definition) is 0. The maximum Gasteiger partial charge on any atom is 0.332 e. The Balaban J connectivity index is 1.30. The second-order valence-corrected chi connectivity index (χ2v) is 11.3. The molecule has 0 bridgehead atoms. The Morgan fingerprint density at radius 1 is 0.621 bits per heavy atom. The quantitative estimate of drug-likeness (QED) is 0.178. The van der Waals surface area contributed by atoms with Crippen LogP contribution in [0.2, 0.25) is 0 Å². The zero-order valence-electron chi connectivity index (χ0n) is 18.9. The van der Waals surface area contributed by atoms with Crippen molar-refractivity contribution in [2.75, 3.05) is 39.7 Å². The van der Waals surface area contributed by atoms with Gasteiger partial charge in [0.15, 0.2) is 8.38 Å². The molecule has 0 atom stereocenters. The lowest BCUT2D eigenvalue weighted by molar-refractivity contribution is -0.0648. The van der Waals surface area contributed by atoms with Crippen LogP contribution in [-0.4, -0.2) is 39.7 Å². The van der Waals surface area contributed by atoms with Crippen molar-refractivity contribution in [3.63, 3.8) is 0 Å². The first-order valence-corrected chi connectivity index (χ1v) is 14.6. The van der Waals surface area contributed by atoms with E-state index >= 15 is 0 Å². The van der Waals surface area contributed by atoms with Crippen molar-refractivity contribution in [2.24, 2.45) is 5.41 Å². The maximum absolute atomic E-state index is 5.79. The second kappa shape index (κ2) is 16.3. The van der Waals surface area contributed by atoms with Crippen molar-refractivity contribution >= 4 is 17.0 Å². The first-order chi connectivity index (χ1) is 14.2. The Morgan fingerprint density at radius 3 is 1.52 bits per heavy atom. The molecule has 0 aliphatic carbocycles. The zero-order chi connectivity index (χ0) is 20.6. The van der Waals surface area contributed by atoms with Gasteiger partial charge in [0, 0.05) is 6.66 Å². The average Bonchev–Trinajstić information content (AvgIpc) is 2.74. The van der Waals surface area contributed by atoms with Gasteiger partial charge < -0.3 is 22.6 Å². The molecule has 0 unspecified atom stereocenters. The van der Waals surface area contributed by atoms with Crippen molar-refractivity contribution in [3.8, 4) is 0 Å². The van der Waals surface area contributed by atoms with Crippen molar-refractivity contribution in [3.05, 3.63) is 0 Å². The van der Waals surface area contributed by atoms with Gasteiger partial charge >= 0.3 is 8.60 Å². The van der Waals surface area contributed by atoms with Crippen LogP contribution >= 0.6 is 17.0 Å². The van der Waals surface area contributed by atoms with E-state index in [9.17, 15) is 0 Å². The van der Waals surface area contributed by atoms with Gasteiger partial charge in [-0.05, 0) is 6.42 Å². The Morgan fingerprint density at radius 2 is 1.03 bits per heavy atom. The van der Waals surface area contributed by atoms with Crippen LogP contribution in [-0.2, 0) is 22.6 Å². The Hall–Kier alpha value is 0.660. The molecular weight excluding hydrogens is 406 g/mol. The van der Waals surface area contributed by atoms with E-state index in [1.807, 2.05) is 6.66 Å². The molecule has 2 aliphatic rings. The monoisotopic (exact) mass is 450 g/mol. The van der Waals surface area contributed by atoms with Crippen molar-refractivity contribution in [2.45, 2.75) is 96.8 Å². The first-order valence-electron chi connectivity index (χ1n) is 11.9. The van der Waals surface area contributed by atoms with Gasteiger partial charge in [-0.3, -0.25) is 0 Å². The fourth-order valence-electron chi connectivity index (χ4n) is 3.67. The number of hydrogen-bond acceptors (Lipinski definition) is 5. The summed E-state index contributed by atoms with van der Waals surface area (Å²) in [6, 6.07) is 0. The van der Waals surface area contributed by atoms with Crippen LogP contribution in [0.4, 0.5) is 0 Å². The van der Waals surface area contributed by atoms with Gasteiger partial charge in [0.05, 0.1) is 38.4 Å². The maximum atomic E-state index is 5.79. The minimum absolute atomic E-state index is 0.133. The summed E-state index contributed by atoms with van der Waals surface area (Å²) < 4.78 is 28.7. The zero-order valence-corrected chi connectivity index (χ0v) is 20.7. The van der Waals surface area contributed by atoms with Crippen LogP contribution in [0.25, 0.3) is 0 Å². The number of rotatable bonds is 16. The third kappa shape index (κ3) is 11.7. The molecule has 0 aromatic carbocycles. The van der Waals surface area contributed by atoms with E-state index in [1.165, 1.54) is 83.5 Å². The summed E-state index contributed by atoms with van der Waals surface area (Å²) in [4.78, 5) is 0. The standard InChI is InChI=1S/C22H44O5P2/c1-3-4-5-6-7-8-9-10-11-12-13-14-15-16-17-23-29-26-20-22(21-27-29)18-24-28(2)25-19-22/h3-21H2,1-2H3. The highest BCUT2D eigenvalue weighted by molar-refractivity contribution is 7.46. The molecule has 0 radical (unpaired) electrons. The van der Waals surface area contributed by atoms with Gasteiger partial charge in [-0.2, -0.15) is 0 Å². The molecular formula is C22H44O5P2. The molecule has 172 valence electrons. The van der Waals surface area contributed by atoms with Gasteiger partial charge in [-0.25, -0.2) is 0 Å². The predicted octanol–water partition coefficient (Wildman–Crippen LogP) is 7.73. The lowest BCUT2D eigenvalue weighted by Crippen LogP contribution is -2.44. The van der Waals surface area contributed by atoms with E-state index in [4.69, 9.17) is 22.6 Å². The van der Waals surface area contributed by atoms with E-state index in [0.29, 0.717) is 26.4 Å². The van der Waals surface area contributed by atoms with Crippen molar-refractivity contribution < 1.29 is 22.6 Å². The van der Waals surface area contributed by atoms with Gasteiger partial charge in [0.25, 0.3) is 0 Å². The molecule has 2 aliphatic heterocycles.